The van der Waals surface area contributed by atoms with Gasteiger partial charge in [-0.15, -0.1) is 0 Å². The van der Waals surface area contributed by atoms with Gasteiger partial charge < -0.3 is 5.32 Å². The summed E-state index contributed by atoms with van der Waals surface area (Å²) in [6, 6.07) is 9.51. The van der Waals surface area contributed by atoms with Crippen molar-refractivity contribution in [1.82, 2.24) is 14.6 Å². The van der Waals surface area contributed by atoms with Crippen molar-refractivity contribution in [1.29, 1.82) is 0 Å². The molecule has 4 rings (SSSR count). The highest BCUT2D eigenvalue weighted by Crippen LogP contribution is 2.39. The average molecular weight is 306 g/mol. The Bertz CT molecular complexity index is 909. The van der Waals surface area contributed by atoms with E-state index in [9.17, 15) is 4.79 Å². The van der Waals surface area contributed by atoms with E-state index < -0.39 is 0 Å². The fraction of sp³-hybridized carbons (Fsp3) is 0.278. The van der Waals surface area contributed by atoms with Gasteiger partial charge in [-0.1, -0.05) is 17.7 Å². The number of hydrogen-bond donors (Lipinski definition) is 1. The Balaban J connectivity index is 1.61. The average Bonchev–Trinajstić information content (AvgIpc) is 3.29. The number of rotatable bonds is 3. The van der Waals surface area contributed by atoms with Crippen molar-refractivity contribution in [3.8, 4) is 0 Å². The third kappa shape index (κ3) is 2.70. The van der Waals surface area contributed by atoms with Crippen LogP contribution in [0.4, 0.5) is 5.69 Å². The van der Waals surface area contributed by atoms with Crippen LogP contribution in [0, 0.1) is 13.8 Å². The number of nitrogens with one attached hydrogen (secondary N) is 1. The van der Waals surface area contributed by atoms with Crippen LogP contribution in [-0.4, -0.2) is 20.5 Å². The van der Waals surface area contributed by atoms with Crippen molar-refractivity contribution in [2.45, 2.75) is 32.6 Å². The Hall–Kier alpha value is -2.69. The van der Waals surface area contributed by atoms with Gasteiger partial charge in [0.15, 0.2) is 5.65 Å². The molecule has 5 nitrogen and oxygen atoms in total. The minimum absolute atomic E-state index is 0.208. The van der Waals surface area contributed by atoms with E-state index in [-0.39, 0.29) is 5.91 Å². The molecule has 1 saturated carbocycles. The summed E-state index contributed by atoms with van der Waals surface area (Å²) in [5, 5.41) is 7.32. The van der Waals surface area contributed by atoms with Crippen molar-refractivity contribution < 1.29 is 4.79 Å². The molecule has 116 valence electrons. The Morgan fingerprint density at radius 3 is 2.78 bits per heavy atom. The number of aryl methyl sites for hydroxylation is 2. The maximum Gasteiger partial charge on any atom is 0.276 e. The molecule has 1 N–H and O–H groups in total. The predicted octanol–water partition coefficient (Wildman–Crippen LogP) is 3.48. The first-order valence-electron chi connectivity index (χ1n) is 7.85. The highest BCUT2D eigenvalue weighted by Gasteiger charge is 2.26. The number of amides is 1. The van der Waals surface area contributed by atoms with Gasteiger partial charge in [-0.05, 0) is 50.5 Å². The van der Waals surface area contributed by atoms with Gasteiger partial charge in [0, 0.05) is 11.6 Å². The quantitative estimate of drug-likeness (QED) is 0.806. The number of nitrogens with zero attached hydrogens (tertiary/aromatic N) is 3. The predicted molar refractivity (Wildman–Crippen MR) is 88.8 cm³/mol. The molecule has 0 radical (unpaired) electrons. The summed E-state index contributed by atoms with van der Waals surface area (Å²) in [7, 11) is 0. The fourth-order valence-electron chi connectivity index (χ4n) is 2.74. The van der Waals surface area contributed by atoms with Gasteiger partial charge in [-0.2, -0.15) is 5.10 Å². The largest absolute Gasteiger partial charge is 0.320 e. The minimum atomic E-state index is -0.208. The third-order valence-corrected chi connectivity index (χ3v) is 4.20. The number of carbonyl (C=O) groups excluding carboxylic acids is 1. The lowest BCUT2D eigenvalue weighted by molar-refractivity contribution is 0.102. The molecule has 1 amide bonds. The Kier molecular flexibility index (Phi) is 3.15. The molecule has 2 aromatic heterocycles. The maximum atomic E-state index is 12.4. The summed E-state index contributed by atoms with van der Waals surface area (Å²) in [5.41, 5.74) is 5.27. The van der Waals surface area contributed by atoms with Crippen molar-refractivity contribution >= 4 is 17.2 Å². The van der Waals surface area contributed by atoms with Crippen LogP contribution in [0.1, 0.15) is 46.1 Å². The van der Waals surface area contributed by atoms with Crippen molar-refractivity contribution in [3.63, 3.8) is 0 Å². The van der Waals surface area contributed by atoms with E-state index in [1.54, 1.807) is 10.6 Å². The first-order chi connectivity index (χ1) is 11.1. The summed E-state index contributed by atoms with van der Waals surface area (Å²) in [6.45, 7) is 4.02. The van der Waals surface area contributed by atoms with Crippen LogP contribution in [0.15, 0.2) is 36.5 Å². The van der Waals surface area contributed by atoms with E-state index in [4.69, 9.17) is 0 Å². The summed E-state index contributed by atoms with van der Waals surface area (Å²) < 4.78 is 1.70. The van der Waals surface area contributed by atoms with Crippen LogP contribution in [0.5, 0.6) is 0 Å². The van der Waals surface area contributed by atoms with Crippen molar-refractivity contribution in [3.05, 3.63) is 59.0 Å². The summed E-state index contributed by atoms with van der Waals surface area (Å²) in [5.74, 6) is 0.365. The lowest BCUT2D eigenvalue weighted by atomic mass is 10.1. The first kappa shape index (κ1) is 13.9. The zero-order valence-corrected chi connectivity index (χ0v) is 13.2. The summed E-state index contributed by atoms with van der Waals surface area (Å²) in [4.78, 5) is 17.0. The molecule has 0 saturated heterocycles. The summed E-state index contributed by atoms with van der Waals surface area (Å²) in [6.07, 6.45) is 4.33. The zero-order valence-electron chi connectivity index (χ0n) is 13.2. The molecule has 0 atom stereocenters. The Labute approximate surface area is 134 Å². The molecular weight excluding hydrogens is 288 g/mol. The second-order valence-corrected chi connectivity index (χ2v) is 6.23. The third-order valence-electron chi connectivity index (χ3n) is 4.20. The first-order valence-corrected chi connectivity index (χ1v) is 7.85. The summed E-state index contributed by atoms with van der Waals surface area (Å²) >= 11 is 0. The Morgan fingerprint density at radius 2 is 2.04 bits per heavy atom. The molecule has 0 spiro atoms. The normalized spacial score (nSPS) is 14.2. The van der Waals surface area contributed by atoms with E-state index >= 15 is 0 Å². The molecule has 5 heteroatoms. The molecule has 0 aliphatic heterocycles. The van der Waals surface area contributed by atoms with Crippen molar-refractivity contribution in [2.75, 3.05) is 5.32 Å². The molecular formula is C18H18N4O. The second kappa shape index (κ2) is 5.19. The topological polar surface area (TPSA) is 59.3 Å². The molecule has 0 bridgehead atoms. The van der Waals surface area contributed by atoms with Crippen LogP contribution in [0.2, 0.25) is 0 Å². The zero-order chi connectivity index (χ0) is 16.0. The number of carbonyl (C=O) groups is 1. The van der Waals surface area contributed by atoms with Crippen LogP contribution < -0.4 is 5.32 Å². The molecule has 1 aromatic carbocycles. The molecule has 1 aliphatic carbocycles. The van der Waals surface area contributed by atoms with Gasteiger partial charge in [0.25, 0.3) is 5.91 Å². The molecule has 0 unspecified atom stereocenters. The van der Waals surface area contributed by atoms with Crippen LogP contribution in [-0.2, 0) is 0 Å². The smallest absolute Gasteiger partial charge is 0.276 e. The molecule has 1 fully saturated rings. The number of benzene rings is 1. The van der Waals surface area contributed by atoms with Crippen LogP contribution in [0.3, 0.4) is 0 Å². The van der Waals surface area contributed by atoms with Gasteiger partial charge >= 0.3 is 0 Å². The van der Waals surface area contributed by atoms with E-state index in [2.05, 4.69) is 15.4 Å². The van der Waals surface area contributed by atoms with Crippen LogP contribution in [0.25, 0.3) is 5.65 Å². The van der Waals surface area contributed by atoms with Crippen molar-refractivity contribution in [2.24, 2.45) is 0 Å². The fourth-order valence-corrected chi connectivity index (χ4v) is 2.74. The van der Waals surface area contributed by atoms with E-state index in [1.165, 1.54) is 18.4 Å². The molecule has 2 heterocycles. The molecule has 3 aromatic rings. The van der Waals surface area contributed by atoms with Gasteiger partial charge in [0.05, 0.1) is 11.9 Å². The SMILES string of the molecule is Cc1ccc(NC(=O)c2ccc3nc(C4CC4)cn3n2)c(C)c1. The molecule has 23 heavy (non-hydrogen) atoms. The van der Waals surface area contributed by atoms with Gasteiger partial charge in [0.1, 0.15) is 5.69 Å². The standard InChI is InChI=1S/C18H18N4O/c1-11-3-6-14(12(2)9-11)20-18(23)15-7-8-17-19-16(13-4-5-13)10-22(17)21-15/h3,6-10,13H,4-5H2,1-2H3,(H,20,23). The monoisotopic (exact) mass is 306 g/mol. The number of fused-ring (bicyclic) bond motifs is 1. The number of imidazole rings is 1. The number of aromatic nitrogens is 3. The van der Waals surface area contributed by atoms with E-state index in [0.717, 1.165) is 22.6 Å². The number of anilines is 1. The number of hydrogen-bond acceptors (Lipinski definition) is 3. The van der Waals surface area contributed by atoms with E-state index in [0.29, 0.717) is 11.6 Å². The Morgan fingerprint density at radius 1 is 1.22 bits per heavy atom. The van der Waals surface area contributed by atoms with Gasteiger partial charge in [-0.25, -0.2) is 9.50 Å². The second-order valence-electron chi connectivity index (χ2n) is 6.23. The molecule has 1 aliphatic rings. The lowest BCUT2D eigenvalue weighted by Gasteiger charge is -2.08. The van der Waals surface area contributed by atoms with Gasteiger partial charge in [0.2, 0.25) is 0 Å². The lowest BCUT2D eigenvalue weighted by Crippen LogP contribution is -2.15. The maximum absolute atomic E-state index is 12.4. The minimum Gasteiger partial charge on any atom is -0.320 e. The van der Waals surface area contributed by atoms with Crippen LogP contribution >= 0.6 is 0 Å². The van der Waals surface area contributed by atoms with E-state index in [1.807, 2.05) is 44.3 Å². The van der Waals surface area contributed by atoms with Gasteiger partial charge in [-0.3, -0.25) is 4.79 Å². The highest BCUT2D eigenvalue weighted by atomic mass is 16.1. The highest BCUT2D eigenvalue weighted by molar-refractivity contribution is 6.03.